The van der Waals surface area contributed by atoms with E-state index in [-0.39, 0.29) is 5.91 Å². The van der Waals surface area contributed by atoms with Crippen LogP contribution in [0.25, 0.3) is 0 Å². The summed E-state index contributed by atoms with van der Waals surface area (Å²) in [4.78, 5) is 11.7. The summed E-state index contributed by atoms with van der Waals surface area (Å²) in [6, 6.07) is 6.32. The van der Waals surface area contributed by atoms with Crippen molar-refractivity contribution in [3.8, 4) is 11.5 Å². The Labute approximate surface area is 120 Å². The summed E-state index contributed by atoms with van der Waals surface area (Å²) in [6.07, 6.45) is 3.51. The van der Waals surface area contributed by atoms with E-state index in [4.69, 9.17) is 9.47 Å². The lowest BCUT2D eigenvalue weighted by molar-refractivity contribution is -0.121. The molecule has 4 nitrogen and oxygen atoms in total. The van der Waals surface area contributed by atoms with Crippen LogP contribution in [0.3, 0.4) is 0 Å². The van der Waals surface area contributed by atoms with Gasteiger partial charge in [-0.25, -0.2) is 0 Å². The second kappa shape index (κ2) is 7.17. The zero-order valence-corrected chi connectivity index (χ0v) is 12.3. The third kappa shape index (κ3) is 4.44. The largest absolute Gasteiger partial charge is 0.490 e. The molecule has 0 spiro atoms. The van der Waals surface area contributed by atoms with Crippen molar-refractivity contribution >= 4 is 5.91 Å². The molecule has 0 unspecified atom stereocenters. The van der Waals surface area contributed by atoms with E-state index in [0.717, 1.165) is 36.3 Å². The molecule has 0 saturated heterocycles. The molecule has 1 amide bonds. The topological polar surface area (TPSA) is 47.6 Å². The molecule has 1 aliphatic carbocycles. The van der Waals surface area contributed by atoms with Crippen LogP contribution in [-0.2, 0) is 11.2 Å². The summed E-state index contributed by atoms with van der Waals surface area (Å²) in [5.41, 5.74) is 1.10. The van der Waals surface area contributed by atoms with Crippen molar-refractivity contribution in [2.24, 2.45) is 0 Å². The summed E-state index contributed by atoms with van der Waals surface area (Å²) in [5, 5.41) is 3.00. The Balaban J connectivity index is 1.92. The number of carbonyl (C=O) groups is 1. The van der Waals surface area contributed by atoms with Gasteiger partial charge in [0.2, 0.25) is 5.91 Å². The van der Waals surface area contributed by atoms with E-state index in [1.165, 1.54) is 0 Å². The third-order valence-corrected chi connectivity index (χ3v) is 3.19. The number of ether oxygens (including phenoxy) is 2. The Hall–Kier alpha value is -1.71. The molecule has 4 heteroatoms. The van der Waals surface area contributed by atoms with Crippen LogP contribution in [0, 0.1) is 0 Å². The minimum atomic E-state index is 0.138. The lowest BCUT2D eigenvalue weighted by Gasteiger charge is -2.12. The highest BCUT2D eigenvalue weighted by molar-refractivity contribution is 5.76. The molecule has 0 aromatic heterocycles. The Morgan fingerprint density at radius 1 is 1.20 bits per heavy atom. The highest BCUT2D eigenvalue weighted by Crippen LogP contribution is 2.29. The van der Waals surface area contributed by atoms with Crippen LogP contribution in [0.2, 0.25) is 0 Å². The maximum Gasteiger partial charge on any atom is 0.220 e. The number of aryl methyl sites for hydroxylation is 1. The third-order valence-electron chi connectivity index (χ3n) is 3.19. The van der Waals surface area contributed by atoms with Crippen LogP contribution < -0.4 is 14.8 Å². The molecule has 110 valence electrons. The molecular formula is C16H23NO3. The highest BCUT2D eigenvalue weighted by atomic mass is 16.5. The summed E-state index contributed by atoms with van der Waals surface area (Å²) >= 11 is 0. The Bertz CT molecular complexity index is 455. The van der Waals surface area contributed by atoms with Crippen LogP contribution in [-0.4, -0.2) is 25.2 Å². The Morgan fingerprint density at radius 2 is 1.90 bits per heavy atom. The summed E-state index contributed by atoms with van der Waals surface area (Å²) in [6.45, 7) is 5.12. The zero-order chi connectivity index (χ0) is 14.4. The average molecular weight is 277 g/mol. The van der Waals surface area contributed by atoms with Crippen LogP contribution in [0.15, 0.2) is 18.2 Å². The lowest BCUT2D eigenvalue weighted by Crippen LogP contribution is -2.25. The van der Waals surface area contributed by atoms with Gasteiger partial charge >= 0.3 is 0 Å². The number of benzene rings is 1. The fraction of sp³-hybridized carbons (Fsp3) is 0.562. The van der Waals surface area contributed by atoms with Crippen LogP contribution >= 0.6 is 0 Å². The molecule has 1 fully saturated rings. The van der Waals surface area contributed by atoms with Crippen molar-refractivity contribution in [3.63, 3.8) is 0 Å². The van der Waals surface area contributed by atoms with Crippen molar-refractivity contribution in [2.75, 3.05) is 13.2 Å². The first-order chi connectivity index (χ1) is 9.72. The molecule has 1 N–H and O–H groups in total. The predicted octanol–water partition coefficient (Wildman–Crippen LogP) is 2.70. The normalized spacial score (nSPS) is 13.9. The van der Waals surface area contributed by atoms with E-state index in [9.17, 15) is 4.79 Å². The molecule has 2 rings (SSSR count). The minimum Gasteiger partial charge on any atom is -0.490 e. The van der Waals surface area contributed by atoms with Crippen molar-refractivity contribution < 1.29 is 14.3 Å². The molecule has 0 atom stereocenters. The van der Waals surface area contributed by atoms with Crippen LogP contribution in [0.5, 0.6) is 11.5 Å². The molecule has 1 aromatic rings. The number of hydrogen-bond acceptors (Lipinski definition) is 3. The van der Waals surface area contributed by atoms with Gasteiger partial charge in [0.25, 0.3) is 0 Å². The molecule has 20 heavy (non-hydrogen) atoms. The van der Waals surface area contributed by atoms with Gasteiger partial charge in [-0.3, -0.25) is 4.79 Å². The van der Waals surface area contributed by atoms with Gasteiger partial charge in [-0.15, -0.1) is 0 Å². The van der Waals surface area contributed by atoms with Gasteiger partial charge in [0, 0.05) is 12.5 Å². The summed E-state index contributed by atoms with van der Waals surface area (Å²) in [5.74, 6) is 1.66. The standard InChI is InChI=1S/C16H23NO3/c1-3-19-14-9-5-12(11-15(14)20-4-2)6-10-16(18)17-13-7-8-13/h5,9,11,13H,3-4,6-8,10H2,1-2H3,(H,17,18). The summed E-state index contributed by atoms with van der Waals surface area (Å²) < 4.78 is 11.1. The lowest BCUT2D eigenvalue weighted by atomic mass is 10.1. The zero-order valence-electron chi connectivity index (χ0n) is 12.3. The number of carbonyl (C=O) groups excluding carboxylic acids is 1. The first-order valence-electron chi connectivity index (χ1n) is 7.40. The van der Waals surface area contributed by atoms with Gasteiger partial charge in [-0.2, -0.15) is 0 Å². The fourth-order valence-corrected chi connectivity index (χ4v) is 2.04. The highest BCUT2D eigenvalue weighted by Gasteiger charge is 2.22. The van der Waals surface area contributed by atoms with Gasteiger partial charge in [-0.05, 0) is 50.8 Å². The fourth-order valence-electron chi connectivity index (χ4n) is 2.04. The van der Waals surface area contributed by atoms with E-state index >= 15 is 0 Å². The van der Waals surface area contributed by atoms with Gasteiger partial charge in [-0.1, -0.05) is 6.07 Å². The van der Waals surface area contributed by atoms with E-state index in [0.29, 0.717) is 25.7 Å². The van der Waals surface area contributed by atoms with E-state index in [1.54, 1.807) is 0 Å². The summed E-state index contributed by atoms with van der Waals surface area (Å²) in [7, 11) is 0. The van der Waals surface area contributed by atoms with Gasteiger partial charge in [0.15, 0.2) is 11.5 Å². The first kappa shape index (κ1) is 14.7. The second-order valence-corrected chi connectivity index (χ2v) is 4.99. The number of hydrogen-bond donors (Lipinski definition) is 1. The van der Waals surface area contributed by atoms with E-state index in [1.807, 2.05) is 32.0 Å². The number of nitrogens with one attached hydrogen (secondary N) is 1. The molecule has 1 saturated carbocycles. The quantitative estimate of drug-likeness (QED) is 0.794. The van der Waals surface area contributed by atoms with E-state index in [2.05, 4.69) is 5.32 Å². The Kier molecular flexibility index (Phi) is 5.27. The SMILES string of the molecule is CCOc1ccc(CCC(=O)NC2CC2)cc1OCC. The second-order valence-electron chi connectivity index (χ2n) is 4.99. The van der Waals surface area contributed by atoms with Crippen LogP contribution in [0.1, 0.15) is 38.7 Å². The molecule has 0 radical (unpaired) electrons. The Morgan fingerprint density at radius 3 is 2.55 bits per heavy atom. The molecule has 0 heterocycles. The van der Waals surface area contributed by atoms with E-state index < -0.39 is 0 Å². The number of rotatable bonds is 8. The molecular weight excluding hydrogens is 254 g/mol. The van der Waals surface area contributed by atoms with Gasteiger partial charge in [0.1, 0.15) is 0 Å². The monoisotopic (exact) mass is 277 g/mol. The molecule has 0 aliphatic heterocycles. The maximum atomic E-state index is 11.7. The average Bonchev–Trinajstić information content (AvgIpc) is 3.23. The molecule has 0 bridgehead atoms. The number of amides is 1. The first-order valence-corrected chi connectivity index (χ1v) is 7.40. The molecule has 1 aliphatic rings. The molecule has 1 aromatic carbocycles. The van der Waals surface area contributed by atoms with Crippen molar-refractivity contribution in [1.82, 2.24) is 5.32 Å². The van der Waals surface area contributed by atoms with Crippen molar-refractivity contribution in [3.05, 3.63) is 23.8 Å². The predicted molar refractivity (Wildman–Crippen MR) is 78.3 cm³/mol. The van der Waals surface area contributed by atoms with Crippen molar-refractivity contribution in [1.29, 1.82) is 0 Å². The van der Waals surface area contributed by atoms with Crippen molar-refractivity contribution in [2.45, 2.75) is 45.6 Å². The van der Waals surface area contributed by atoms with Gasteiger partial charge in [0.05, 0.1) is 13.2 Å². The smallest absolute Gasteiger partial charge is 0.220 e. The van der Waals surface area contributed by atoms with Crippen LogP contribution in [0.4, 0.5) is 0 Å². The minimum absolute atomic E-state index is 0.138. The van der Waals surface area contributed by atoms with Gasteiger partial charge < -0.3 is 14.8 Å². The maximum absolute atomic E-state index is 11.7.